The lowest BCUT2D eigenvalue weighted by molar-refractivity contribution is -0.129. The van der Waals surface area contributed by atoms with Gasteiger partial charge in [-0.25, -0.2) is 8.42 Å². The van der Waals surface area contributed by atoms with Crippen LogP contribution in [0.2, 0.25) is 0 Å². The molecule has 0 saturated carbocycles. The highest BCUT2D eigenvalue weighted by Gasteiger charge is 2.35. The van der Waals surface area contributed by atoms with Gasteiger partial charge in [-0.2, -0.15) is 0 Å². The first-order chi connectivity index (χ1) is 11.5. The molecule has 5 heteroatoms. The molecule has 1 atom stereocenters. The predicted octanol–water partition coefficient (Wildman–Crippen LogP) is 2.61. The van der Waals surface area contributed by atoms with Gasteiger partial charge in [-0.3, -0.25) is 4.79 Å². The van der Waals surface area contributed by atoms with Crippen molar-refractivity contribution in [3.8, 4) is 0 Å². The van der Waals surface area contributed by atoms with Crippen LogP contribution in [0.4, 0.5) is 0 Å². The smallest absolute Gasteiger partial charge is 0.227 e. The summed E-state index contributed by atoms with van der Waals surface area (Å²) in [4.78, 5) is 14.5. The van der Waals surface area contributed by atoms with Crippen LogP contribution in [-0.2, 0) is 21.1 Å². The zero-order valence-electron chi connectivity index (χ0n) is 13.7. The van der Waals surface area contributed by atoms with E-state index in [9.17, 15) is 13.2 Å². The molecule has 0 aliphatic carbocycles. The summed E-state index contributed by atoms with van der Waals surface area (Å²) in [7, 11) is -3.38. The van der Waals surface area contributed by atoms with Gasteiger partial charge in [-0.05, 0) is 31.0 Å². The predicted molar refractivity (Wildman–Crippen MR) is 93.5 cm³/mol. The Morgan fingerprint density at radius 1 is 1.12 bits per heavy atom. The number of aryl methyl sites for hydroxylation is 1. The van der Waals surface area contributed by atoms with Crippen molar-refractivity contribution >= 4 is 15.7 Å². The van der Waals surface area contributed by atoms with Crippen molar-refractivity contribution < 1.29 is 13.2 Å². The highest BCUT2D eigenvalue weighted by atomic mass is 32.2. The van der Waals surface area contributed by atoms with Gasteiger partial charge in [0.1, 0.15) is 0 Å². The van der Waals surface area contributed by atoms with Gasteiger partial charge in [-0.1, -0.05) is 48.0 Å². The molecular formula is C19H21NO3S. The van der Waals surface area contributed by atoms with E-state index in [-0.39, 0.29) is 12.5 Å². The molecule has 3 rings (SSSR count). The first-order valence-electron chi connectivity index (χ1n) is 8.09. The third-order valence-corrected chi connectivity index (χ3v) is 6.64. The van der Waals surface area contributed by atoms with Gasteiger partial charge in [0.15, 0.2) is 9.84 Å². The van der Waals surface area contributed by atoms with Gasteiger partial charge in [-0.15, -0.1) is 0 Å². The first kappa shape index (κ1) is 16.7. The summed E-state index contributed by atoms with van der Waals surface area (Å²) in [6.45, 7) is 2.77. The van der Waals surface area contributed by atoms with Crippen molar-refractivity contribution in [1.29, 1.82) is 0 Å². The third kappa shape index (κ3) is 3.51. The normalized spacial score (nSPS) is 17.9. The van der Waals surface area contributed by atoms with E-state index >= 15 is 0 Å². The van der Waals surface area contributed by atoms with Crippen LogP contribution >= 0.6 is 0 Å². The fourth-order valence-corrected chi connectivity index (χ4v) is 4.83. The van der Waals surface area contributed by atoms with Crippen LogP contribution in [0.25, 0.3) is 0 Å². The van der Waals surface area contributed by atoms with E-state index in [2.05, 4.69) is 0 Å². The second-order valence-corrected chi connectivity index (χ2v) is 8.50. The molecule has 126 valence electrons. The summed E-state index contributed by atoms with van der Waals surface area (Å²) in [6.07, 6.45) is 0.816. The number of carbonyl (C=O) groups is 1. The maximum absolute atomic E-state index is 12.7. The van der Waals surface area contributed by atoms with E-state index in [4.69, 9.17) is 0 Å². The van der Waals surface area contributed by atoms with Crippen LogP contribution in [0, 0.1) is 6.92 Å². The number of nitrogens with zero attached hydrogens (tertiary/aromatic N) is 1. The van der Waals surface area contributed by atoms with Crippen LogP contribution in [-0.4, -0.2) is 37.6 Å². The fraction of sp³-hybridized carbons (Fsp3) is 0.316. The maximum atomic E-state index is 12.7. The molecule has 4 nitrogen and oxygen atoms in total. The first-order valence-corrected chi connectivity index (χ1v) is 9.64. The fourth-order valence-electron chi connectivity index (χ4n) is 3.12. The van der Waals surface area contributed by atoms with E-state index < -0.39 is 15.1 Å². The molecule has 0 aromatic heterocycles. The Bertz CT molecular complexity index is 831. The molecule has 0 unspecified atom stereocenters. The summed E-state index contributed by atoms with van der Waals surface area (Å²) in [6, 6.07) is 16.3. The number of sulfone groups is 1. The number of amides is 1. The summed E-state index contributed by atoms with van der Waals surface area (Å²) in [5, 5.41) is -0.513. The molecule has 2 aromatic carbocycles. The number of hydrogen-bond acceptors (Lipinski definition) is 3. The molecule has 0 radical (unpaired) electrons. The largest absolute Gasteiger partial charge is 0.341 e. The molecular weight excluding hydrogens is 322 g/mol. The van der Waals surface area contributed by atoms with Crippen LogP contribution in [0.1, 0.15) is 17.5 Å². The van der Waals surface area contributed by atoms with Crippen molar-refractivity contribution in [2.75, 3.05) is 13.1 Å². The lowest BCUT2D eigenvalue weighted by Crippen LogP contribution is -2.33. The van der Waals surface area contributed by atoms with E-state index in [0.29, 0.717) is 24.3 Å². The highest BCUT2D eigenvalue weighted by Crippen LogP contribution is 2.24. The van der Waals surface area contributed by atoms with Gasteiger partial charge in [0, 0.05) is 13.1 Å². The number of rotatable bonds is 4. The lowest BCUT2D eigenvalue weighted by atomic mass is 10.1. The van der Waals surface area contributed by atoms with E-state index in [1.54, 1.807) is 35.2 Å². The molecule has 1 aliphatic rings. The van der Waals surface area contributed by atoms with Gasteiger partial charge in [0.25, 0.3) is 0 Å². The minimum absolute atomic E-state index is 0.00800. The molecule has 1 heterocycles. The molecule has 2 aromatic rings. The van der Waals surface area contributed by atoms with Gasteiger partial charge < -0.3 is 4.90 Å². The second kappa shape index (κ2) is 6.77. The van der Waals surface area contributed by atoms with Gasteiger partial charge in [0.2, 0.25) is 5.91 Å². The van der Waals surface area contributed by atoms with Crippen LogP contribution in [0.5, 0.6) is 0 Å². The van der Waals surface area contributed by atoms with Crippen molar-refractivity contribution in [2.45, 2.75) is 29.9 Å². The van der Waals surface area contributed by atoms with E-state index in [1.165, 1.54) is 0 Å². The van der Waals surface area contributed by atoms with Crippen LogP contribution in [0.15, 0.2) is 59.5 Å². The molecule has 1 fully saturated rings. The average Bonchev–Trinajstić information content (AvgIpc) is 3.07. The molecule has 0 N–H and O–H groups in total. The number of carbonyl (C=O) groups excluding carboxylic acids is 1. The van der Waals surface area contributed by atoms with E-state index in [0.717, 1.165) is 11.1 Å². The lowest BCUT2D eigenvalue weighted by Gasteiger charge is -2.17. The van der Waals surface area contributed by atoms with Gasteiger partial charge >= 0.3 is 0 Å². The molecule has 1 amide bonds. The Hall–Kier alpha value is -2.14. The van der Waals surface area contributed by atoms with Crippen molar-refractivity contribution in [2.24, 2.45) is 0 Å². The average molecular weight is 343 g/mol. The van der Waals surface area contributed by atoms with E-state index in [1.807, 2.05) is 31.2 Å². The summed E-state index contributed by atoms with van der Waals surface area (Å²) < 4.78 is 25.3. The monoisotopic (exact) mass is 343 g/mol. The number of hydrogen-bond donors (Lipinski definition) is 0. The third-order valence-electron chi connectivity index (χ3n) is 4.45. The summed E-state index contributed by atoms with van der Waals surface area (Å²) >= 11 is 0. The van der Waals surface area contributed by atoms with Gasteiger partial charge in [0.05, 0.1) is 16.6 Å². The summed E-state index contributed by atoms with van der Waals surface area (Å²) in [5.74, 6) is -0.00800. The Morgan fingerprint density at radius 3 is 2.58 bits per heavy atom. The Kier molecular flexibility index (Phi) is 4.71. The van der Waals surface area contributed by atoms with Crippen molar-refractivity contribution in [3.05, 3.63) is 65.7 Å². The zero-order valence-corrected chi connectivity index (χ0v) is 14.5. The Labute approximate surface area is 143 Å². The molecule has 24 heavy (non-hydrogen) atoms. The molecule has 0 bridgehead atoms. The Morgan fingerprint density at radius 2 is 1.88 bits per heavy atom. The summed E-state index contributed by atoms with van der Waals surface area (Å²) in [5.41, 5.74) is 2.08. The number of benzene rings is 2. The Balaban J connectivity index is 1.68. The molecule has 1 aliphatic heterocycles. The SMILES string of the molecule is Cc1cccc(CC(=O)N2CC[C@@H](S(=O)(=O)c3ccccc3)C2)c1. The molecule has 0 spiro atoms. The minimum Gasteiger partial charge on any atom is -0.341 e. The maximum Gasteiger partial charge on any atom is 0.227 e. The second-order valence-electron chi connectivity index (χ2n) is 6.27. The van der Waals surface area contributed by atoms with Crippen LogP contribution in [0.3, 0.4) is 0 Å². The minimum atomic E-state index is -3.38. The van der Waals surface area contributed by atoms with Crippen molar-refractivity contribution in [3.63, 3.8) is 0 Å². The van der Waals surface area contributed by atoms with Crippen molar-refractivity contribution in [1.82, 2.24) is 4.90 Å². The quantitative estimate of drug-likeness (QED) is 0.857. The number of likely N-dealkylation sites (tertiary alicyclic amines) is 1. The standard InChI is InChI=1S/C19H21NO3S/c1-15-6-5-7-16(12-15)13-19(21)20-11-10-18(14-20)24(22,23)17-8-3-2-4-9-17/h2-9,12,18H,10-11,13-14H2,1H3/t18-/m1/s1. The molecule has 1 saturated heterocycles. The topological polar surface area (TPSA) is 54.5 Å². The van der Waals surface area contributed by atoms with Crippen LogP contribution < -0.4 is 0 Å². The highest BCUT2D eigenvalue weighted by molar-refractivity contribution is 7.92. The zero-order chi connectivity index (χ0) is 17.2.